The number of nitrogens with zero attached hydrogens (tertiary/aromatic N) is 1. The number of ether oxygens (including phenoxy) is 1. The molecule has 0 unspecified atom stereocenters. The van der Waals surface area contributed by atoms with Crippen LogP contribution in [0, 0.1) is 18.2 Å². The lowest BCUT2D eigenvalue weighted by molar-refractivity contribution is 0.308. The van der Waals surface area contributed by atoms with Crippen LogP contribution in [0.1, 0.15) is 5.56 Å². The molecule has 0 fully saturated rings. The monoisotopic (exact) mass is 191 g/mol. The van der Waals surface area contributed by atoms with Gasteiger partial charge in [-0.2, -0.15) is 0 Å². The van der Waals surface area contributed by atoms with E-state index in [0.717, 1.165) is 12.2 Å². The van der Waals surface area contributed by atoms with Gasteiger partial charge in [-0.1, -0.05) is 5.92 Å². The van der Waals surface area contributed by atoms with Gasteiger partial charge in [0.1, 0.15) is 18.0 Å². The third kappa shape index (κ3) is 1.20. The first-order chi connectivity index (χ1) is 6.74. The SMILES string of the molecule is C#Cc1c(F)ccc2c1OCCN2C. The second-order valence-electron chi connectivity index (χ2n) is 3.18. The average molecular weight is 191 g/mol. The van der Waals surface area contributed by atoms with E-state index in [2.05, 4.69) is 5.92 Å². The highest BCUT2D eigenvalue weighted by molar-refractivity contribution is 5.66. The van der Waals surface area contributed by atoms with E-state index in [1.54, 1.807) is 6.07 Å². The van der Waals surface area contributed by atoms with Crippen LogP contribution in [-0.4, -0.2) is 20.2 Å². The molecule has 2 rings (SSSR count). The molecule has 0 saturated carbocycles. The Kier molecular flexibility index (Phi) is 2.05. The maximum Gasteiger partial charge on any atom is 0.161 e. The second-order valence-corrected chi connectivity index (χ2v) is 3.18. The van der Waals surface area contributed by atoms with Crippen molar-refractivity contribution in [2.45, 2.75) is 0 Å². The minimum atomic E-state index is -0.401. The van der Waals surface area contributed by atoms with Crippen molar-refractivity contribution in [2.24, 2.45) is 0 Å². The topological polar surface area (TPSA) is 12.5 Å². The molecule has 0 atom stereocenters. The summed E-state index contributed by atoms with van der Waals surface area (Å²) in [6, 6.07) is 3.06. The number of hydrogen-bond acceptors (Lipinski definition) is 2. The van der Waals surface area contributed by atoms with Crippen LogP contribution < -0.4 is 9.64 Å². The molecule has 14 heavy (non-hydrogen) atoms. The second kappa shape index (κ2) is 3.22. The van der Waals surface area contributed by atoms with Crippen LogP contribution in [0.15, 0.2) is 12.1 Å². The zero-order valence-electron chi connectivity index (χ0n) is 7.88. The fourth-order valence-electron chi connectivity index (χ4n) is 1.53. The van der Waals surface area contributed by atoms with Gasteiger partial charge in [0.25, 0.3) is 0 Å². The molecule has 0 aromatic heterocycles. The summed E-state index contributed by atoms with van der Waals surface area (Å²) in [5.74, 6) is 2.40. The summed E-state index contributed by atoms with van der Waals surface area (Å²) in [5.41, 5.74) is 1.07. The molecule has 0 radical (unpaired) electrons. The van der Waals surface area contributed by atoms with Crippen molar-refractivity contribution in [2.75, 3.05) is 25.1 Å². The van der Waals surface area contributed by atoms with Crippen LogP contribution in [0.4, 0.5) is 10.1 Å². The number of terminal acetylenes is 1. The van der Waals surface area contributed by atoms with Gasteiger partial charge in [-0.05, 0) is 12.1 Å². The lowest BCUT2D eigenvalue weighted by Crippen LogP contribution is -2.29. The summed E-state index contributed by atoms with van der Waals surface area (Å²) < 4.78 is 18.6. The standard InChI is InChI=1S/C11H10FNO/c1-3-8-9(12)4-5-10-11(8)14-7-6-13(10)2/h1,4-5H,6-7H2,2H3. The predicted octanol–water partition coefficient (Wildman–Crippen LogP) is 1.64. The summed E-state index contributed by atoms with van der Waals surface area (Å²) in [4.78, 5) is 2.00. The lowest BCUT2D eigenvalue weighted by atomic mass is 10.1. The van der Waals surface area contributed by atoms with Gasteiger partial charge in [0, 0.05) is 7.05 Å². The van der Waals surface area contributed by atoms with E-state index < -0.39 is 5.82 Å². The van der Waals surface area contributed by atoms with E-state index in [1.807, 2.05) is 11.9 Å². The van der Waals surface area contributed by atoms with E-state index in [0.29, 0.717) is 12.4 Å². The Bertz CT molecular complexity index is 408. The molecule has 1 aliphatic heterocycles. The van der Waals surface area contributed by atoms with Gasteiger partial charge in [0.2, 0.25) is 0 Å². The Labute approximate surface area is 82.3 Å². The molecule has 0 bridgehead atoms. The van der Waals surface area contributed by atoms with E-state index in [-0.39, 0.29) is 5.56 Å². The lowest BCUT2D eigenvalue weighted by Gasteiger charge is -2.28. The largest absolute Gasteiger partial charge is 0.488 e. The Morgan fingerprint density at radius 1 is 1.57 bits per heavy atom. The minimum Gasteiger partial charge on any atom is -0.488 e. The van der Waals surface area contributed by atoms with Crippen molar-refractivity contribution in [3.8, 4) is 18.1 Å². The van der Waals surface area contributed by atoms with Crippen LogP contribution in [0.25, 0.3) is 0 Å². The number of benzene rings is 1. The van der Waals surface area contributed by atoms with Gasteiger partial charge in [-0.3, -0.25) is 0 Å². The van der Waals surface area contributed by atoms with E-state index in [1.165, 1.54) is 6.07 Å². The first-order valence-electron chi connectivity index (χ1n) is 4.37. The molecular formula is C11H10FNO. The van der Waals surface area contributed by atoms with Crippen molar-refractivity contribution < 1.29 is 9.13 Å². The first kappa shape index (κ1) is 8.89. The van der Waals surface area contributed by atoms with Gasteiger partial charge >= 0.3 is 0 Å². The van der Waals surface area contributed by atoms with Gasteiger partial charge < -0.3 is 9.64 Å². The number of likely N-dealkylation sites (N-methyl/N-ethyl adjacent to an activating group) is 1. The normalized spacial score (nSPS) is 14.2. The Hall–Kier alpha value is -1.69. The van der Waals surface area contributed by atoms with Crippen LogP contribution in [-0.2, 0) is 0 Å². The molecule has 0 amide bonds. The van der Waals surface area contributed by atoms with Crippen molar-refractivity contribution in [1.29, 1.82) is 0 Å². The third-order valence-electron chi connectivity index (χ3n) is 2.31. The third-order valence-corrected chi connectivity index (χ3v) is 2.31. The molecular weight excluding hydrogens is 181 g/mol. The summed E-state index contributed by atoms with van der Waals surface area (Å²) in [7, 11) is 1.93. The summed E-state index contributed by atoms with van der Waals surface area (Å²) in [6.07, 6.45) is 5.23. The highest BCUT2D eigenvalue weighted by Crippen LogP contribution is 2.34. The maximum absolute atomic E-state index is 13.3. The zero-order chi connectivity index (χ0) is 10.1. The van der Waals surface area contributed by atoms with Gasteiger partial charge in [-0.15, -0.1) is 6.42 Å². The van der Waals surface area contributed by atoms with Crippen molar-refractivity contribution >= 4 is 5.69 Å². The molecule has 3 heteroatoms. The average Bonchev–Trinajstić information content (AvgIpc) is 2.18. The Morgan fingerprint density at radius 3 is 3.07 bits per heavy atom. The molecule has 72 valence electrons. The molecule has 0 N–H and O–H groups in total. The molecule has 0 spiro atoms. The van der Waals surface area contributed by atoms with Crippen LogP contribution in [0.3, 0.4) is 0 Å². The van der Waals surface area contributed by atoms with Crippen molar-refractivity contribution in [3.63, 3.8) is 0 Å². The fraction of sp³-hybridized carbons (Fsp3) is 0.273. The molecule has 0 aliphatic carbocycles. The minimum absolute atomic E-state index is 0.217. The smallest absolute Gasteiger partial charge is 0.161 e. The number of hydrogen-bond donors (Lipinski definition) is 0. The first-order valence-corrected chi connectivity index (χ1v) is 4.37. The fourth-order valence-corrected chi connectivity index (χ4v) is 1.53. The number of rotatable bonds is 0. The summed E-state index contributed by atoms with van der Waals surface area (Å²) in [6.45, 7) is 1.34. The number of anilines is 1. The summed E-state index contributed by atoms with van der Waals surface area (Å²) >= 11 is 0. The maximum atomic E-state index is 13.3. The molecule has 0 saturated heterocycles. The van der Waals surface area contributed by atoms with Gasteiger partial charge in [-0.25, -0.2) is 4.39 Å². The summed E-state index contributed by atoms with van der Waals surface area (Å²) in [5, 5.41) is 0. The zero-order valence-corrected chi connectivity index (χ0v) is 7.88. The van der Waals surface area contributed by atoms with E-state index in [9.17, 15) is 4.39 Å². The Balaban J connectivity index is 2.63. The highest BCUT2D eigenvalue weighted by Gasteiger charge is 2.19. The molecule has 1 aromatic carbocycles. The van der Waals surface area contributed by atoms with Crippen LogP contribution in [0.5, 0.6) is 5.75 Å². The van der Waals surface area contributed by atoms with Crippen LogP contribution in [0.2, 0.25) is 0 Å². The molecule has 1 heterocycles. The molecule has 1 aromatic rings. The van der Waals surface area contributed by atoms with E-state index >= 15 is 0 Å². The van der Waals surface area contributed by atoms with Gasteiger partial charge in [0.05, 0.1) is 12.2 Å². The highest BCUT2D eigenvalue weighted by atomic mass is 19.1. The van der Waals surface area contributed by atoms with Crippen molar-refractivity contribution in [1.82, 2.24) is 0 Å². The predicted molar refractivity (Wildman–Crippen MR) is 53.1 cm³/mol. The molecule has 2 nitrogen and oxygen atoms in total. The quantitative estimate of drug-likeness (QED) is 0.578. The van der Waals surface area contributed by atoms with Gasteiger partial charge in [0.15, 0.2) is 5.75 Å². The number of halogens is 1. The van der Waals surface area contributed by atoms with Crippen LogP contribution >= 0.6 is 0 Å². The van der Waals surface area contributed by atoms with Crippen molar-refractivity contribution in [3.05, 3.63) is 23.5 Å². The number of fused-ring (bicyclic) bond motifs is 1. The molecule has 1 aliphatic rings. The van der Waals surface area contributed by atoms with E-state index in [4.69, 9.17) is 11.2 Å². The Morgan fingerprint density at radius 2 is 2.36 bits per heavy atom.